The second kappa shape index (κ2) is 3.87. The van der Waals surface area contributed by atoms with Gasteiger partial charge in [-0.25, -0.2) is 4.90 Å². The minimum atomic E-state index is -0.404. The van der Waals surface area contributed by atoms with E-state index in [1.165, 1.54) is 24.5 Å². The number of nitrogens with zero attached hydrogens (tertiary/aromatic N) is 2. The molecule has 2 amide bonds. The molecule has 0 bridgehead atoms. The first-order chi connectivity index (χ1) is 7.72. The standard InChI is InChI=1S/C11H6N2O3/c12-7-16-9-3-1-2-8(6-9)13-10(14)4-5-11(13)15/h1-6H. The van der Waals surface area contributed by atoms with Gasteiger partial charge < -0.3 is 4.74 Å². The van der Waals surface area contributed by atoms with Crippen LogP contribution in [0, 0.1) is 11.5 Å². The Morgan fingerprint density at radius 2 is 1.88 bits per heavy atom. The first-order valence-corrected chi connectivity index (χ1v) is 4.44. The highest BCUT2D eigenvalue weighted by molar-refractivity contribution is 6.28. The van der Waals surface area contributed by atoms with Gasteiger partial charge >= 0.3 is 0 Å². The zero-order valence-electron chi connectivity index (χ0n) is 8.08. The molecule has 0 saturated carbocycles. The summed E-state index contributed by atoms with van der Waals surface area (Å²) in [4.78, 5) is 23.7. The normalized spacial score (nSPS) is 14.1. The van der Waals surface area contributed by atoms with Crippen molar-refractivity contribution in [2.24, 2.45) is 0 Å². The fourth-order valence-corrected chi connectivity index (χ4v) is 1.39. The van der Waals surface area contributed by atoms with E-state index in [1.807, 2.05) is 0 Å². The van der Waals surface area contributed by atoms with Crippen molar-refractivity contribution >= 4 is 17.5 Å². The summed E-state index contributed by atoms with van der Waals surface area (Å²) in [7, 11) is 0. The minimum Gasteiger partial charge on any atom is -0.388 e. The Bertz CT molecular complexity index is 510. The molecule has 1 aliphatic rings. The highest BCUT2D eigenvalue weighted by Crippen LogP contribution is 2.23. The fraction of sp³-hybridized carbons (Fsp3) is 0. The van der Waals surface area contributed by atoms with Crippen LogP contribution in [-0.2, 0) is 9.59 Å². The van der Waals surface area contributed by atoms with Crippen molar-refractivity contribution in [3.63, 3.8) is 0 Å². The average molecular weight is 214 g/mol. The van der Waals surface area contributed by atoms with Gasteiger partial charge in [-0.15, -0.1) is 5.26 Å². The van der Waals surface area contributed by atoms with Crippen molar-refractivity contribution in [2.45, 2.75) is 0 Å². The summed E-state index contributed by atoms with van der Waals surface area (Å²) < 4.78 is 4.61. The zero-order valence-corrected chi connectivity index (χ0v) is 8.08. The molecule has 78 valence electrons. The Kier molecular flexibility index (Phi) is 2.40. The van der Waals surface area contributed by atoms with Crippen molar-refractivity contribution in [1.29, 1.82) is 5.26 Å². The van der Waals surface area contributed by atoms with Crippen molar-refractivity contribution in [3.8, 4) is 12.0 Å². The SMILES string of the molecule is N#COc1cccc(N2C(=O)C=CC2=O)c1. The Labute approximate surface area is 91.1 Å². The number of carbonyl (C=O) groups excluding carboxylic acids is 2. The van der Waals surface area contributed by atoms with Crippen molar-refractivity contribution in [2.75, 3.05) is 4.90 Å². The van der Waals surface area contributed by atoms with Crippen molar-refractivity contribution < 1.29 is 14.3 Å². The smallest absolute Gasteiger partial charge is 0.292 e. The van der Waals surface area contributed by atoms with E-state index in [1.54, 1.807) is 18.2 Å². The molecule has 1 heterocycles. The molecule has 5 nitrogen and oxygen atoms in total. The van der Waals surface area contributed by atoms with Gasteiger partial charge in [-0.2, -0.15) is 0 Å². The third-order valence-electron chi connectivity index (χ3n) is 2.05. The average Bonchev–Trinajstić information content (AvgIpc) is 2.59. The Balaban J connectivity index is 2.34. The van der Waals surface area contributed by atoms with Crippen LogP contribution in [0.3, 0.4) is 0 Å². The van der Waals surface area contributed by atoms with E-state index in [2.05, 4.69) is 4.74 Å². The molecule has 1 aliphatic heterocycles. The van der Waals surface area contributed by atoms with Crippen LogP contribution in [-0.4, -0.2) is 11.8 Å². The van der Waals surface area contributed by atoms with Crippen molar-refractivity contribution in [1.82, 2.24) is 0 Å². The second-order valence-electron chi connectivity index (χ2n) is 3.04. The summed E-state index contributed by atoms with van der Waals surface area (Å²) in [6.45, 7) is 0. The number of carbonyl (C=O) groups is 2. The highest BCUT2D eigenvalue weighted by Gasteiger charge is 2.25. The summed E-state index contributed by atoms with van der Waals surface area (Å²) >= 11 is 0. The van der Waals surface area contributed by atoms with Gasteiger partial charge in [-0.3, -0.25) is 9.59 Å². The predicted molar refractivity (Wildman–Crippen MR) is 54.3 cm³/mol. The summed E-state index contributed by atoms with van der Waals surface area (Å²) in [6.07, 6.45) is 3.91. The van der Waals surface area contributed by atoms with Gasteiger partial charge in [0.1, 0.15) is 5.75 Å². The van der Waals surface area contributed by atoms with Crippen molar-refractivity contribution in [3.05, 3.63) is 36.4 Å². The predicted octanol–water partition coefficient (Wildman–Crippen LogP) is 0.976. The number of amides is 2. The number of imide groups is 1. The quantitative estimate of drug-likeness (QED) is 0.543. The number of rotatable bonds is 2. The van der Waals surface area contributed by atoms with Gasteiger partial charge in [0.2, 0.25) is 0 Å². The van der Waals surface area contributed by atoms with E-state index in [-0.39, 0.29) is 5.75 Å². The Hall–Kier alpha value is -2.61. The number of hydrogen-bond acceptors (Lipinski definition) is 4. The maximum Gasteiger partial charge on any atom is 0.292 e. The van der Waals surface area contributed by atoms with E-state index >= 15 is 0 Å². The van der Waals surface area contributed by atoms with E-state index in [0.29, 0.717) is 5.69 Å². The molecule has 0 aliphatic carbocycles. The van der Waals surface area contributed by atoms with Crippen LogP contribution in [0.25, 0.3) is 0 Å². The van der Waals surface area contributed by atoms with Crippen LogP contribution in [0.1, 0.15) is 0 Å². The second-order valence-corrected chi connectivity index (χ2v) is 3.04. The van der Waals surface area contributed by atoms with Gasteiger partial charge in [0, 0.05) is 18.2 Å². The van der Waals surface area contributed by atoms with Gasteiger partial charge in [-0.05, 0) is 12.1 Å². The van der Waals surface area contributed by atoms with E-state index in [4.69, 9.17) is 5.26 Å². The first kappa shape index (κ1) is 9.93. The minimum absolute atomic E-state index is 0.285. The lowest BCUT2D eigenvalue weighted by Crippen LogP contribution is -2.29. The lowest BCUT2D eigenvalue weighted by molar-refractivity contribution is -0.119. The van der Waals surface area contributed by atoms with E-state index < -0.39 is 11.8 Å². The van der Waals surface area contributed by atoms with Gasteiger partial charge in [0.25, 0.3) is 18.1 Å². The molecule has 16 heavy (non-hydrogen) atoms. The summed E-state index contributed by atoms with van der Waals surface area (Å²) in [5.41, 5.74) is 0.382. The summed E-state index contributed by atoms with van der Waals surface area (Å²) in [5, 5.41) is 8.35. The maximum atomic E-state index is 11.4. The molecule has 1 aromatic rings. The molecule has 0 aromatic heterocycles. The van der Waals surface area contributed by atoms with Gasteiger partial charge in [0.05, 0.1) is 5.69 Å². The number of benzene rings is 1. The largest absolute Gasteiger partial charge is 0.388 e. The number of anilines is 1. The molecule has 5 heteroatoms. The van der Waals surface area contributed by atoms with E-state index in [0.717, 1.165) is 4.90 Å². The molecule has 0 atom stereocenters. The van der Waals surface area contributed by atoms with Crippen LogP contribution < -0.4 is 9.64 Å². The van der Waals surface area contributed by atoms with Crippen LogP contribution >= 0.6 is 0 Å². The number of ether oxygens (including phenoxy) is 1. The molecule has 0 radical (unpaired) electrons. The van der Waals surface area contributed by atoms with Gasteiger partial charge in [0.15, 0.2) is 0 Å². The molecule has 0 saturated heterocycles. The van der Waals surface area contributed by atoms with Crippen LogP contribution in [0.2, 0.25) is 0 Å². The first-order valence-electron chi connectivity index (χ1n) is 4.44. The molecule has 0 unspecified atom stereocenters. The Morgan fingerprint density at radius 3 is 2.50 bits per heavy atom. The fourth-order valence-electron chi connectivity index (χ4n) is 1.39. The molecular weight excluding hydrogens is 208 g/mol. The maximum absolute atomic E-state index is 11.4. The lowest BCUT2D eigenvalue weighted by atomic mass is 10.3. The molecule has 2 rings (SSSR count). The highest BCUT2D eigenvalue weighted by atomic mass is 16.5. The Morgan fingerprint density at radius 1 is 1.19 bits per heavy atom. The van der Waals surface area contributed by atoms with Crippen LogP contribution in [0.5, 0.6) is 5.75 Å². The third kappa shape index (κ3) is 1.64. The summed E-state index contributed by atoms with van der Waals surface area (Å²) in [5.74, 6) is -0.522. The number of nitriles is 1. The molecule has 0 spiro atoms. The monoisotopic (exact) mass is 214 g/mol. The summed E-state index contributed by atoms with van der Waals surface area (Å²) in [6, 6.07) is 6.20. The molecule has 1 aromatic carbocycles. The third-order valence-corrected chi connectivity index (χ3v) is 2.05. The zero-order chi connectivity index (χ0) is 11.5. The van der Waals surface area contributed by atoms with E-state index in [9.17, 15) is 9.59 Å². The van der Waals surface area contributed by atoms with Gasteiger partial charge in [-0.1, -0.05) is 6.07 Å². The lowest BCUT2D eigenvalue weighted by Gasteiger charge is -2.13. The molecule has 0 fully saturated rings. The van der Waals surface area contributed by atoms with Crippen LogP contribution in [0.4, 0.5) is 5.69 Å². The topological polar surface area (TPSA) is 70.4 Å². The molecular formula is C11H6N2O3. The molecule has 0 N–H and O–H groups in total. The van der Waals surface area contributed by atoms with Crippen LogP contribution in [0.15, 0.2) is 36.4 Å². The number of hydrogen-bond donors (Lipinski definition) is 0.